The van der Waals surface area contributed by atoms with Crippen molar-refractivity contribution < 1.29 is 4.42 Å². The highest BCUT2D eigenvalue weighted by molar-refractivity contribution is 5.87. The first-order valence-electron chi connectivity index (χ1n) is 6.22. The fourth-order valence-electron chi connectivity index (χ4n) is 2.37. The van der Waals surface area contributed by atoms with E-state index in [1.807, 2.05) is 12.1 Å². The molecule has 0 amide bonds. The average molecular weight is 231 g/mol. The SMILES string of the molecule is c1cc2occc2c(NCCN2CCCC2)n1. The molecule has 0 unspecified atom stereocenters. The van der Waals surface area contributed by atoms with Gasteiger partial charge < -0.3 is 14.6 Å². The highest BCUT2D eigenvalue weighted by Crippen LogP contribution is 2.21. The van der Waals surface area contributed by atoms with E-state index in [0.717, 1.165) is 29.9 Å². The third-order valence-corrected chi connectivity index (χ3v) is 3.30. The molecule has 1 saturated heterocycles. The van der Waals surface area contributed by atoms with Crippen LogP contribution in [0.5, 0.6) is 0 Å². The van der Waals surface area contributed by atoms with Crippen molar-refractivity contribution >= 4 is 16.8 Å². The van der Waals surface area contributed by atoms with E-state index in [9.17, 15) is 0 Å². The molecule has 0 radical (unpaired) electrons. The van der Waals surface area contributed by atoms with Crippen LogP contribution in [0.15, 0.2) is 29.0 Å². The Bertz CT molecular complexity index is 488. The molecule has 4 nitrogen and oxygen atoms in total. The summed E-state index contributed by atoms with van der Waals surface area (Å²) >= 11 is 0. The summed E-state index contributed by atoms with van der Waals surface area (Å²) in [6.45, 7) is 4.52. The number of hydrogen-bond acceptors (Lipinski definition) is 4. The van der Waals surface area contributed by atoms with Crippen LogP contribution in [0.4, 0.5) is 5.82 Å². The van der Waals surface area contributed by atoms with Gasteiger partial charge in [-0.3, -0.25) is 0 Å². The maximum Gasteiger partial charge on any atom is 0.139 e. The normalized spacial score (nSPS) is 16.7. The van der Waals surface area contributed by atoms with Gasteiger partial charge in [0, 0.05) is 19.3 Å². The standard InChI is InChI=1S/C13H17N3O/c1-2-8-16(7-1)9-6-15-13-11-4-10-17-12(11)3-5-14-13/h3-5,10H,1-2,6-9H2,(H,14,15). The number of anilines is 1. The summed E-state index contributed by atoms with van der Waals surface area (Å²) in [4.78, 5) is 6.84. The molecule has 90 valence electrons. The Balaban J connectivity index is 1.62. The summed E-state index contributed by atoms with van der Waals surface area (Å²) in [6, 6.07) is 3.85. The van der Waals surface area contributed by atoms with E-state index in [-0.39, 0.29) is 0 Å². The molecule has 2 aromatic rings. The first kappa shape index (κ1) is 10.6. The van der Waals surface area contributed by atoms with Crippen molar-refractivity contribution in [2.24, 2.45) is 0 Å². The Morgan fingerprint density at radius 2 is 2.18 bits per heavy atom. The summed E-state index contributed by atoms with van der Waals surface area (Å²) in [7, 11) is 0. The topological polar surface area (TPSA) is 41.3 Å². The number of aromatic nitrogens is 1. The van der Waals surface area contributed by atoms with Crippen molar-refractivity contribution in [1.29, 1.82) is 0 Å². The van der Waals surface area contributed by atoms with Crippen LogP contribution in [-0.4, -0.2) is 36.1 Å². The third kappa shape index (κ3) is 2.26. The Labute approximate surface area is 101 Å². The third-order valence-electron chi connectivity index (χ3n) is 3.30. The lowest BCUT2D eigenvalue weighted by Gasteiger charge is -2.15. The summed E-state index contributed by atoms with van der Waals surface area (Å²) in [5, 5.41) is 4.45. The number of nitrogens with zero attached hydrogens (tertiary/aromatic N) is 2. The molecular formula is C13H17N3O. The number of hydrogen-bond donors (Lipinski definition) is 1. The summed E-state index contributed by atoms with van der Waals surface area (Å²) in [5.41, 5.74) is 0.892. The number of furan rings is 1. The molecule has 1 aliphatic rings. The Morgan fingerprint density at radius 1 is 1.29 bits per heavy atom. The summed E-state index contributed by atoms with van der Waals surface area (Å²) < 4.78 is 5.35. The van der Waals surface area contributed by atoms with Gasteiger partial charge in [0.25, 0.3) is 0 Å². The lowest BCUT2D eigenvalue weighted by Crippen LogP contribution is -2.26. The molecule has 0 saturated carbocycles. The molecule has 0 bridgehead atoms. The van der Waals surface area contributed by atoms with Gasteiger partial charge in [0.1, 0.15) is 11.4 Å². The van der Waals surface area contributed by atoms with Crippen LogP contribution in [0, 0.1) is 0 Å². The van der Waals surface area contributed by atoms with E-state index in [2.05, 4.69) is 15.2 Å². The van der Waals surface area contributed by atoms with Crippen LogP contribution in [0.1, 0.15) is 12.8 Å². The second kappa shape index (κ2) is 4.75. The molecule has 4 heteroatoms. The van der Waals surface area contributed by atoms with Crippen LogP contribution < -0.4 is 5.32 Å². The first-order valence-corrected chi connectivity index (χ1v) is 6.22. The fourth-order valence-corrected chi connectivity index (χ4v) is 2.37. The van der Waals surface area contributed by atoms with Crippen molar-refractivity contribution in [1.82, 2.24) is 9.88 Å². The number of pyridine rings is 1. The minimum Gasteiger partial charge on any atom is -0.464 e. The van der Waals surface area contributed by atoms with Gasteiger partial charge in [0.15, 0.2) is 0 Å². The minimum absolute atomic E-state index is 0.892. The quantitative estimate of drug-likeness (QED) is 0.877. The van der Waals surface area contributed by atoms with Gasteiger partial charge in [0.05, 0.1) is 11.6 Å². The average Bonchev–Trinajstić information content (AvgIpc) is 2.99. The van der Waals surface area contributed by atoms with Crippen molar-refractivity contribution in [3.8, 4) is 0 Å². The van der Waals surface area contributed by atoms with E-state index in [0.29, 0.717) is 0 Å². The highest BCUT2D eigenvalue weighted by Gasteiger charge is 2.11. The van der Waals surface area contributed by atoms with Gasteiger partial charge in [0.2, 0.25) is 0 Å². The number of nitrogens with one attached hydrogen (secondary N) is 1. The van der Waals surface area contributed by atoms with E-state index in [1.165, 1.54) is 25.9 Å². The van der Waals surface area contributed by atoms with Crippen molar-refractivity contribution in [3.05, 3.63) is 24.6 Å². The molecule has 1 N–H and O–H groups in total. The van der Waals surface area contributed by atoms with Gasteiger partial charge in [-0.25, -0.2) is 4.98 Å². The largest absolute Gasteiger partial charge is 0.464 e. The molecule has 0 aliphatic carbocycles. The van der Waals surface area contributed by atoms with E-state index in [1.54, 1.807) is 12.5 Å². The first-order chi connectivity index (χ1) is 8.43. The molecule has 17 heavy (non-hydrogen) atoms. The molecule has 3 rings (SSSR count). The van der Waals surface area contributed by atoms with Crippen LogP contribution in [0.25, 0.3) is 11.0 Å². The highest BCUT2D eigenvalue weighted by atomic mass is 16.3. The van der Waals surface area contributed by atoms with Crippen molar-refractivity contribution in [3.63, 3.8) is 0 Å². The maximum atomic E-state index is 5.35. The molecule has 0 aromatic carbocycles. The van der Waals surface area contributed by atoms with E-state index >= 15 is 0 Å². The molecule has 1 fully saturated rings. The van der Waals surface area contributed by atoms with E-state index in [4.69, 9.17) is 4.42 Å². The van der Waals surface area contributed by atoms with Crippen LogP contribution in [-0.2, 0) is 0 Å². The molecule has 2 aromatic heterocycles. The van der Waals surface area contributed by atoms with E-state index < -0.39 is 0 Å². The Kier molecular flexibility index (Phi) is 2.96. The second-order valence-corrected chi connectivity index (χ2v) is 4.47. The number of likely N-dealkylation sites (tertiary alicyclic amines) is 1. The monoisotopic (exact) mass is 231 g/mol. The summed E-state index contributed by atoms with van der Waals surface area (Å²) in [6.07, 6.45) is 6.17. The molecule has 0 spiro atoms. The smallest absolute Gasteiger partial charge is 0.139 e. The molecule has 3 heterocycles. The van der Waals surface area contributed by atoms with Crippen LogP contribution in [0.2, 0.25) is 0 Å². The maximum absolute atomic E-state index is 5.35. The predicted octanol–water partition coefficient (Wildman–Crippen LogP) is 2.34. The molecule has 1 aliphatic heterocycles. The van der Waals surface area contributed by atoms with Crippen LogP contribution in [0.3, 0.4) is 0 Å². The lowest BCUT2D eigenvalue weighted by atomic mass is 10.3. The lowest BCUT2D eigenvalue weighted by molar-refractivity contribution is 0.352. The van der Waals surface area contributed by atoms with Gasteiger partial charge in [-0.05, 0) is 38.1 Å². The fraction of sp³-hybridized carbons (Fsp3) is 0.462. The van der Waals surface area contributed by atoms with Crippen molar-refractivity contribution in [2.75, 3.05) is 31.5 Å². The van der Waals surface area contributed by atoms with Gasteiger partial charge >= 0.3 is 0 Å². The molecular weight excluding hydrogens is 214 g/mol. The Hall–Kier alpha value is -1.55. The van der Waals surface area contributed by atoms with Crippen molar-refractivity contribution in [2.45, 2.75) is 12.8 Å². The number of fused-ring (bicyclic) bond motifs is 1. The van der Waals surface area contributed by atoms with Gasteiger partial charge in [-0.2, -0.15) is 0 Å². The van der Waals surface area contributed by atoms with Gasteiger partial charge in [-0.15, -0.1) is 0 Å². The van der Waals surface area contributed by atoms with Crippen LogP contribution >= 0.6 is 0 Å². The zero-order chi connectivity index (χ0) is 11.5. The Morgan fingerprint density at radius 3 is 3.06 bits per heavy atom. The zero-order valence-electron chi connectivity index (χ0n) is 9.85. The van der Waals surface area contributed by atoms with Gasteiger partial charge in [-0.1, -0.05) is 0 Å². The molecule has 0 atom stereocenters. The summed E-state index contributed by atoms with van der Waals surface area (Å²) in [5.74, 6) is 0.926. The minimum atomic E-state index is 0.892. The predicted molar refractivity (Wildman–Crippen MR) is 68.2 cm³/mol. The second-order valence-electron chi connectivity index (χ2n) is 4.47. The number of rotatable bonds is 4. The zero-order valence-corrected chi connectivity index (χ0v) is 9.85.